The van der Waals surface area contributed by atoms with E-state index in [1.807, 2.05) is 9.80 Å². The molecule has 14 nitrogen and oxygen atoms in total. The van der Waals surface area contributed by atoms with Gasteiger partial charge in [-0.05, 0) is 0 Å². The number of hydrogen-bond donors (Lipinski definition) is 6. The van der Waals surface area contributed by atoms with Crippen molar-refractivity contribution in [3.05, 3.63) is 0 Å². The molecule has 32 heavy (non-hydrogen) atoms. The highest BCUT2D eigenvalue weighted by atomic mass is 17.1. The molecule has 0 aliphatic carbocycles. The van der Waals surface area contributed by atoms with Gasteiger partial charge in [0.15, 0.2) is 0 Å². The fourth-order valence-corrected chi connectivity index (χ4v) is 3.66. The Balaban J connectivity index is 3.07. The first kappa shape index (κ1) is 28.6. The Morgan fingerprint density at radius 1 is 0.781 bits per heavy atom. The lowest BCUT2D eigenvalue weighted by Gasteiger charge is -2.37. The van der Waals surface area contributed by atoms with Crippen LogP contribution in [-0.4, -0.2) is 166 Å². The van der Waals surface area contributed by atoms with Crippen molar-refractivity contribution in [3.63, 3.8) is 0 Å². The molecule has 0 aromatic heterocycles. The first-order valence-corrected chi connectivity index (χ1v) is 10.5. The van der Waals surface area contributed by atoms with Gasteiger partial charge >= 0.3 is 11.9 Å². The number of aliphatic hydroxyl groups excluding tert-OH is 2. The zero-order valence-electron chi connectivity index (χ0n) is 18.2. The van der Waals surface area contributed by atoms with Gasteiger partial charge in [-0.2, -0.15) is 0 Å². The van der Waals surface area contributed by atoms with Gasteiger partial charge in [0.25, 0.3) is 0 Å². The smallest absolute Gasteiger partial charge is 0.323 e. The van der Waals surface area contributed by atoms with Crippen molar-refractivity contribution in [2.45, 2.75) is 12.1 Å². The minimum absolute atomic E-state index is 0.0396. The lowest BCUT2D eigenvalue weighted by Crippen LogP contribution is -2.53. The van der Waals surface area contributed by atoms with Gasteiger partial charge in [-0.1, -0.05) is 0 Å². The molecule has 0 amide bonds. The summed E-state index contributed by atoms with van der Waals surface area (Å²) in [6.45, 7) is 1.92. The number of hydrogen-bond acceptors (Lipinski definition) is 12. The normalized spacial score (nSPS) is 20.9. The van der Waals surface area contributed by atoms with E-state index in [0.717, 1.165) is 0 Å². The van der Waals surface area contributed by atoms with Crippen LogP contribution in [0.5, 0.6) is 0 Å². The Morgan fingerprint density at radius 3 is 1.78 bits per heavy atom. The molecule has 1 aliphatic heterocycles. The van der Waals surface area contributed by atoms with Crippen molar-refractivity contribution in [3.8, 4) is 0 Å². The van der Waals surface area contributed by atoms with Crippen LogP contribution in [-0.2, 0) is 19.4 Å². The topological polar surface area (TPSA) is 187 Å². The number of aliphatic hydroxyl groups is 2. The Hall–Kier alpha value is -1.46. The zero-order valence-corrected chi connectivity index (χ0v) is 18.2. The van der Waals surface area contributed by atoms with Crippen LogP contribution in [0, 0.1) is 0 Å². The standard InChI is InChI=1S/C18H36N4O10/c23-12-15(14-32-30)21-5-1-19(9-10-31-29)2-7-22(16(13-24)18(27)28)8-4-20(3-6-21)11-17(25)26/h15-16,23-24,29-30H,1-14H2,(H,25,26)(H,27,28). The highest BCUT2D eigenvalue weighted by molar-refractivity contribution is 5.73. The van der Waals surface area contributed by atoms with E-state index in [9.17, 15) is 30.0 Å². The molecule has 1 fully saturated rings. The highest BCUT2D eigenvalue weighted by Gasteiger charge is 2.27. The summed E-state index contributed by atoms with van der Waals surface area (Å²) in [5, 5.41) is 55.5. The summed E-state index contributed by atoms with van der Waals surface area (Å²) < 4.78 is 0. The van der Waals surface area contributed by atoms with E-state index >= 15 is 0 Å². The van der Waals surface area contributed by atoms with Gasteiger partial charge in [0.2, 0.25) is 0 Å². The van der Waals surface area contributed by atoms with Crippen molar-refractivity contribution in [2.75, 3.05) is 91.9 Å². The van der Waals surface area contributed by atoms with E-state index in [0.29, 0.717) is 39.3 Å². The number of rotatable bonds is 12. The lowest BCUT2D eigenvalue weighted by molar-refractivity contribution is -0.254. The van der Waals surface area contributed by atoms with E-state index in [1.54, 1.807) is 9.80 Å². The third-order valence-corrected chi connectivity index (χ3v) is 5.56. The van der Waals surface area contributed by atoms with Crippen LogP contribution in [0.25, 0.3) is 0 Å². The second-order valence-electron chi connectivity index (χ2n) is 7.59. The van der Waals surface area contributed by atoms with Gasteiger partial charge in [-0.15, -0.1) is 0 Å². The second kappa shape index (κ2) is 16.2. The number of carbonyl (C=O) groups is 2. The Kier molecular flexibility index (Phi) is 14.5. The largest absolute Gasteiger partial charge is 0.480 e. The Morgan fingerprint density at radius 2 is 1.34 bits per heavy atom. The average molecular weight is 469 g/mol. The van der Waals surface area contributed by atoms with Crippen molar-refractivity contribution in [2.24, 2.45) is 0 Å². The molecule has 0 radical (unpaired) electrons. The van der Waals surface area contributed by atoms with E-state index in [1.165, 1.54) is 0 Å². The fraction of sp³-hybridized carbons (Fsp3) is 0.889. The molecule has 0 spiro atoms. The van der Waals surface area contributed by atoms with Crippen LogP contribution < -0.4 is 0 Å². The maximum absolute atomic E-state index is 11.6. The zero-order chi connectivity index (χ0) is 23.9. The van der Waals surface area contributed by atoms with Gasteiger partial charge in [-0.25, -0.2) is 9.78 Å². The van der Waals surface area contributed by atoms with Gasteiger partial charge in [0, 0.05) is 58.9 Å². The monoisotopic (exact) mass is 468 g/mol. The molecule has 1 aliphatic rings. The summed E-state index contributed by atoms with van der Waals surface area (Å²) in [7, 11) is 0. The van der Waals surface area contributed by atoms with Gasteiger partial charge in [0.1, 0.15) is 6.04 Å². The SMILES string of the molecule is O=C(O)CN1CCN(C(CO)COO)CCN(CCOO)CCN(C(CO)C(=O)O)CC1. The molecule has 2 unspecified atom stereocenters. The molecule has 188 valence electrons. The quantitative estimate of drug-likeness (QED) is 0.126. The molecular weight excluding hydrogens is 432 g/mol. The molecule has 0 aromatic rings. The number of carboxylic acids is 2. The van der Waals surface area contributed by atoms with Crippen molar-refractivity contribution in [1.82, 2.24) is 19.6 Å². The summed E-state index contributed by atoms with van der Waals surface area (Å²) >= 11 is 0. The molecule has 2 atom stereocenters. The van der Waals surface area contributed by atoms with E-state index in [4.69, 9.17) is 10.5 Å². The maximum atomic E-state index is 11.6. The third kappa shape index (κ3) is 10.4. The molecule has 0 bridgehead atoms. The molecule has 1 rings (SSSR count). The molecule has 0 saturated carbocycles. The molecular formula is C18H36N4O10. The van der Waals surface area contributed by atoms with Crippen molar-refractivity contribution in [1.29, 1.82) is 0 Å². The van der Waals surface area contributed by atoms with Crippen LogP contribution in [0.4, 0.5) is 0 Å². The first-order valence-electron chi connectivity index (χ1n) is 10.5. The molecule has 0 aromatic carbocycles. The predicted molar refractivity (Wildman–Crippen MR) is 110 cm³/mol. The number of carboxylic acid groups (broad SMARTS) is 2. The highest BCUT2D eigenvalue weighted by Crippen LogP contribution is 2.07. The third-order valence-electron chi connectivity index (χ3n) is 5.56. The maximum Gasteiger partial charge on any atom is 0.323 e. The molecule has 1 saturated heterocycles. The summed E-state index contributed by atoms with van der Waals surface area (Å²) in [5.74, 6) is -2.20. The van der Waals surface area contributed by atoms with Crippen LogP contribution in [0.1, 0.15) is 0 Å². The van der Waals surface area contributed by atoms with Crippen molar-refractivity contribution >= 4 is 11.9 Å². The molecule has 14 heteroatoms. The summed E-state index contributed by atoms with van der Waals surface area (Å²) in [6, 6.07) is -1.63. The summed E-state index contributed by atoms with van der Waals surface area (Å²) in [6.07, 6.45) is 0. The van der Waals surface area contributed by atoms with Gasteiger partial charge < -0.3 is 20.4 Å². The van der Waals surface area contributed by atoms with Gasteiger partial charge in [-0.3, -0.25) is 39.7 Å². The number of aliphatic carboxylic acids is 2. The van der Waals surface area contributed by atoms with E-state index in [-0.39, 0.29) is 46.0 Å². The minimum atomic E-state index is -1.17. The first-order chi connectivity index (χ1) is 15.4. The van der Waals surface area contributed by atoms with Crippen LogP contribution in [0.2, 0.25) is 0 Å². The van der Waals surface area contributed by atoms with Crippen molar-refractivity contribution < 1.29 is 50.3 Å². The van der Waals surface area contributed by atoms with Gasteiger partial charge in [0.05, 0.1) is 39.0 Å². The summed E-state index contributed by atoms with van der Waals surface area (Å²) in [5.41, 5.74) is 0. The van der Waals surface area contributed by atoms with Crippen LogP contribution in [0.15, 0.2) is 0 Å². The number of nitrogens with zero attached hydrogens (tertiary/aromatic N) is 4. The average Bonchev–Trinajstić information content (AvgIpc) is 2.75. The van der Waals surface area contributed by atoms with E-state index < -0.39 is 30.6 Å². The fourth-order valence-electron chi connectivity index (χ4n) is 3.66. The van der Waals surface area contributed by atoms with E-state index in [2.05, 4.69) is 9.78 Å². The van der Waals surface area contributed by atoms with Crippen LogP contribution in [0.3, 0.4) is 0 Å². The minimum Gasteiger partial charge on any atom is -0.480 e. The predicted octanol–water partition coefficient (Wildman–Crippen LogP) is -2.92. The summed E-state index contributed by atoms with van der Waals surface area (Å²) in [4.78, 5) is 38.4. The Bertz CT molecular complexity index is 544. The Labute approximate surface area is 186 Å². The van der Waals surface area contributed by atoms with Crippen LogP contribution >= 0.6 is 0 Å². The molecule has 1 heterocycles. The lowest BCUT2D eigenvalue weighted by atomic mass is 10.2. The second-order valence-corrected chi connectivity index (χ2v) is 7.59. The molecule has 6 N–H and O–H groups in total.